The van der Waals surface area contributed by atoms with E-state index >= 15 is 0 Å². The molecule has 0 unspecified atom stereocenters. The first kappa shape index (κ1) is 13.7. The van der Waals surface area contributed by atoms with E-state index in [9.17, 15) is 14.9 Å². The number of carbonyl (C=O) groups excluding carboxylic acids is 1. The standard InChI is InChI=1S/C13H14N4O3/c1-8-12(9(2)16-15-8)7-14-13(18)10-4-3-5-11(6-10)17(19)20/h3-6H,7H2,1-2H3,(H,14,18)(H,15,16). The first-order chi connectivity index (χ1) is 9.49. The van der Waals surface area contributed by atoms with Gasteiger partial charge in [0.05, 0.1) is 10.6 Å². The number of aromatic amines is 1. The Morgan fingerprint density at radius 3 is 2.80 bits per heavy atom. The summed E-state index contributed by atoms with van der Waals surface area (Å²) in [5.74, 6) is -0.353. The van der Waals surface area contributed by atoms with Crippen molar-refractivity contribution in [2.24, 2.45) is 0 Å². The third kappa shape index (κ3) is 2.82. The number of nitrogens with zero attached hydrogens (tertiary/aromatic N) is 2. The molecule has 0 aliphatic rings. The van der Waals surface area contributed by atoms with Crippen LogP contribution in [0, 0.1) is 24.0 Å². The number of aryl methyl sites for hydroxylation is 2. The lowest BCUT2D eigenvalue weighted by Gasteiger charge is -2.05. The lowest BCUT2D eigenvalue weighted by Crippen LogP contribution is -2.23. The Kier molecular flexibility index (Phi) is 3.79. The molecule has 0 saturated carbocycles. The van der Waals surface area contributed by atoms with E-state index < -0.39 is 4.92 Å². The summed E-state index contributed by atoms with van der Waals surface area (Å²) in [7, 11) is 0. The second-order valence-electron chi connectivity index (χ2n) is 4.40. The smallest absolute Gasteiger partial charge is 0.270 e. The SMILES string of the molecule is Cc1n[nH]c(C)c1CNC(=O)c1cccc([N+](=O)[O-])c1. The maximum Gasteiger partial charge on any atom is 0.270 e. The van der Waals surface area contributed by atoms with Crippen LogP contribution in [0.25, 0.3) is 0 Å². The number of H-pyrrole nitrogens is 1. The Morgan fingerprint density at radius 2 is 2.20 bits per heavy atom. The summed E-state index contributed by atoms with van der Waals surface area (Å²) in [4.78, 5) is 22.1. The largest absolute Gasteiger partial charge is 0.348 e. The summed E-state index contributed by atoms with van der Waals surface area (Å²) in [6.07, 6.45) is 0. The third-order valence-electron chi connectivity index (χ3n) is 3.03. The molecule has 0 radical (unpaired) electrons. The van der Waals surface area contributed by atoms with E-state index in [1.54, 1.807) is 0 Å². The van der Waals surface area contributed by atoms with Crippen LogP contribution in [-0.2, 0) is 6.54 Å². The summed E-state index contributed by atoms with van der Waals surface area (Å²) in [6, 6.07) is 5.63. The number of nitrogens with one attached hydrogen (secondary N) is 2. The highest BCUT2D eigenvalue weighted by Gasteiger charge is 2.12. The highest BCUT2D eigenvalue weighted by Crippen LogP contribution is 2.14. The zero-order chi connectivity index (χ0) is 14.7. The van der Waals surface area contributed by atoms with Gasteiger partial charge >= 0.3 is 0 Å². The summed E-state index contributed by atoms with van der Waals surface area (Å²) in [5, 5.41) is 20.3. The lowest BCUT2D eigenvalue weighted by atomic mass is 10.1. The van der Waals surface area contributed by atoms with Gasteiger partial charge in [0, 0.05) is 35.5 Å². The quantitative estimate of drug-likeness (QED) is 0.656. The predicted octanol–water partition coefficient (Wildman–Crippen LogP) is 1.86. The summed E-state index contributed by atoms with van der Waals surface area (Å²) in [6.45, 7) is 4.04. The highest BCUT2D eigenvalue weighted by atomic mass is 16.6. The number of amides is 1. The Hall–Kier alpha value is -2.70. The first-order valence-electron chi connectivity index (χ1n) is 6.02. The van der Waals surface area contributed by atoms with E-state index in [1.807, 2.05) is 13.8 Å². The van der Waals surface area contributed by atoms with Crippen molar-refractivity contribution >= 4 is 11.6 Å². The van der Waals surface area contributed by atoms with Gasteiger partial charge in [0.2, 0.25) is 0 Å². The maximum atomic E-state index is 12.0. The van der Waals surface area contributed by atoms with Crippen molar-refractivity contribution < 1.29 is 9.72 Å². The first-order valence-corrected chi connectivity index (χ1v) is 6.02. The molecule has 1 heterocycles. The molecule has 7 nitrogen and oxygen atoms in total. The van der Waals surface area contributed by atoms with E-state index in [0.29, 0.717) is 6.54 Å². The van der Waals surface area contributed by atoms with Crippen molar-refractivity contribution in [1.29, 1.82) is 0 Å². The molecule has 0 aliphatic heterocycles. The van der Waals surface area contributed by atoms with Gasteiger partial charge in [-0.15, -0.1) is 0 Å². The van der Waals surface area contributed by atoms with Crippen LogP contribution in [0.2, 0.25) is 0 Å². The van der Waals surface area contributed by atoms with Crippen molar-refractivity contribution in [1.82, 2.24) is 15.5 Å². The van der Waals surface area contributed by atoms with Crippen molar-refractivity contribution in [3.8, 4) is 0 Å². The number of non-ortho nitro benzene ring substituents is 1. The normalized spacial score (nSPS) is 10.3. The van der Waals surface area contributed by atoms with Gasteiger partial charge < -0.3 is 5.32 Å². The number of hydrogen-bond donors (Lipinski definition) is 2. The molecule has 2 aromatic rings. The van der Waals surface area contributed by atoms with Gasteiger partial charge in [-0.25, -0.2) is 0 Å². The monoisotopic (exact) mass is 274 g/mol. The molecular weight excluding hydrogens is 260 g/mol. The van der Waals surface area contributed by atoms with Crippen LogP contribution < -0.4 is 5.32 Å². The minimum Gasteiger partial charge on any atom is -0.348 e. The van der Waals surface area contributed by atoms with Crippen LogP contribution in [0.4, 0.5) is 5.69 Å². The fourth-order valence-corrected chi connectivity index (χ4v) is 1.87. The average molecular weight is 274 g/mol. The second-order valence-corrected chi connectivity index (χ2v) is 4.40. The molecule has 7 heteroatoms. The molecular formula is C13H14N4O3. The van der Waals surface area contributed by atoms with E-state index in [2.05, 4.69) is 15.5 Å². The molecule has 104 valence electrons. The van der Waals surface area contributed by atoms with Gasteiger partial charge in [-0.3, -0.25) is 20.0 Å². The van der Waals surface area contributed by atoms with Crippen LogP contribution in [0.3, 0.4) is 0 Å². The van der Waals surface area contributed by atoms with E-state index in [1.165, 1.54) is 24.3 Å². The van der Waals surface area contributed by atoms with Crippen molar-refractivity contribution in [2.75, 3.05) is 0 Å². The average Bonchev–Trinajstić information content (AvgIpc) is 2.75. The molecule has 0 bridgehead atoms. The van der Waals surface area contributed by atoms with Crippen molar-refractivity contribution in [2.45, 2.75) is 20.4 Å². The molecule has 2 rings (SSSR count). The fourth-order valence-electron chi connectivity index (χ4n) is 1.87. The van der Waals surface area contributed by atoms with Crippen LogP contribution in [0.1, 0.15) is 27.3 Å². The van der Waals surface area contributed by atoms with Gasteiger partial charge in [-0.05, 0) is 19.9 Å². The molecule has 0 atom stereocenters. The lowest BCUT2D eigenvalue weighted by molar-refractivity contribution is -0.384. The molecule has 1 aromatic carbocycles. The predicted molar refractivity (Wildman–Crippen MR) is 72.3 cm³/mol. The molecule has 20 heavy (non-hydrogen) atoms. The maximum absolute atomic E-state index is 12.0. The van der Waals surface area contributed by atoms with Crippen LogP contribution in [0.15, 0.2) is 24.3 Å². The number of aromatic nitrogens is 2. The number of benzene rings is 1. The van der Waals surface area contributed by atoms with Gasteiger partial charge in [-0.2, -0.15) is 5.10 Å². The molecule has 1 aromatic heterocycles. The summed E-state index contributed by atoms with van der Waals surface area (Å²) >= 11 is 0. The Morgan fingerprint density at radius 1 is 1.45 bits per heavy atom. The van der Waals surface area contributed by atoms with Gasteiger partial charge in [0.15, 0.2) is 0 Å². The number of nitro benzene ring substituents is 1. The molecule has 0 spiro atoms. The summed E-state index contributed by atoms with van der Waals surface area (Å²) < 4.78 is 0. The number of nitro groups is 1. The van der Waals surface area contributed by atoms with Crippen LogP contribution >= 0.6 is 0 Å². The Labute approximate surface area is 115 Å². The zero-order valence-corrected chi connectivity index (χ0v) is 11.1. The second kappa shape index (κ2) is 5.52. The Balaban J connectivity index is 2.09. The molecule has 0 fully saturated rings. The minimum absolute atomic E-state index is 0.103. The van der Waals surface area contributed by atoms with E-state index in [4.69, 9.17) is 0 Å². The fraction of sp³-hybridized carbons (Fsp3) is 0.231. The highest BCUT2D eigenvalue weighted by molar-refractivity contribution is 5.94. The number of rotatable bonds is 4. The molecule has 0 saturated heterocycles. The molecule has 0 aliphatic carbocycles. The third-order valence-corrected chi connectivity index (χ3v) is 3.03. The number of carbonyl (C=O) groups is 1. The van der Waals surface area contributed by atoms with Gasteiger partial charge in [0.1, 0.15) is 0 Å². The van der Waals surface area contributed by atoms with E-state index in [-0.39, 0.29) is 17.2 Å². The topological polar surface area (TPSA) is 101 Å². The summed E-state index contributed by atoms with van der Waals surface area (Å²) in [5.41, 5.74) is 2.79. The Bertz CT molecular complexity index is 644. The van der Waals surface area contributed by atoms with Crippen molar-refractivity contribution in [3.05, 3.63) is 56.9 Å². The van der Waals surface area contributed by atoms with Crippen molar-refractivity contribution in [3.63, 3.8) is 0 Å². The van der Waals surface area contributed by atoms with Crippen LogP contribution in [-0.4, -0.2) is 21.0 Å². The van der Waals surface area contributed by atoms with Gasteiger partial charge in [-0.1, -0.05) is 6.07 Å². The van der Waals surface area contributed by atoms with Gasteiger partial charge in [0.25, 0.3) is 11.6 Å². The minimum atomic E-state index is -0.527. The van der Waals surface area contributed by atoms with Crippen LogP contribution in [0.5, 0.6) is 0 Å². The zero-order valence-electron chi connectivity index (χ0n) is 11.1. The van der Waals surface area contributed by atoms with E-state index in [0.717, 1.165) is 17.0 Å². The number of hydrogen-bond acceptors (Lipinski definition) is 4. The molecule has 2 N–H and O–H groups in total. The molecule has 1 amide bonds.